The first-order chi connectivity index (χ1) is 9.47. The number of nitrogens with zero attached hydrogens (tertiary/aromatic N) is 5. The molecule has 1 aliphatic rings. The van der Waals surface area contributed by atoms with E-state index < -0.39 is 0 Å². The van der Waals surface area contributed by atoms with Crippen LogP contribution in [0.2, 0.25) is 0 Å². The van der Waals surface area contributed by atoms with E-state index in [-0.39, 0.29) is 11.8 Å². The minimum absolute atomic E-state index is 0.240. The topological polar surface area (TPSA) is 54.3 Å². The molecule has 1 unspecified atom stereocenters. The molecule has 0 aliphatic carbocycles. The fraction of sp³-hybridized carbons (Fsp3) is 0.786. The fourth-order valence-electron chi connectivity index (χ4n) is 2.67. The molecule has 2 heterocycles. The second-order valence-corrected chi connectivity index (χ2v) is 6.03. The molecule has 0 aromatic carbocycles. The van der Waals surface area contributed by atoms with E-state index in [2.05, 4.69) is 34.0 Å². The Morgan fingerprint density at radius 1 is 1.40 bits per heavy atom. The van der Waals surface area contributed by atoms with Crippen LogP contribution in [-0.4, -0.2) is 70.1 Å². The van der Waals surface area contributed by atoms with Crippen molar-refractivity contribution in [2.24, 2.45) is 0 Å². The molecule has 1 aliphatic heterocycles. The molecule has 1 atom stereocenters. The Kier molecular flexibility index (Phi) is 4.88. The summed E-state index contributed by atoms with van der Waals surface area (Å²) in [6, 6.07) is 0.556. The van der Waals surface area contributed by atoms with Gasteiger partial charge in [0.2, 0.25) is 0 Å². The summed E-state index contributed by atoms with van der Waals surface area (Å²) in [5.41, 5.74) is 0. The molecule has 0 bridgehead atoms. The van der Waals surface area contributed by atoms with Crippen molar-refractivity contribution in [2.45, 2.75) is 38.8 Å². The smallest absolute Gasteiger partial charge is 0.142 e. The molecule has 1 aromatic rings. The average molecular weight is 279 g/mol. The van der Waals surface area contributed by atoms with Gasteiger partial charge in [0.1, 0.15) is 17.9 Å². The molecule has 0 radical (unpaired) electrons. The molecule has 0 saturated carbocycles. The van der Waals surface area contributed by atoms with E-state index in [0.29, 0.717) is 18.9 Å². The number of rotatable bonds is 5. The van der Waals surface area contributed by atoms with Crippen LogP contribution in [0.4, 0.5) is 0 Å². The Morgan fingerprint density at radius 3 is 2.85 bits per heavy atom. The predicted octanol–water partition coefficient (Wildman–Crippen LogP) is 0.607. The van der Waals surface area contributed by atoms with Crippen LogP contribution in [0.15, 0.2) is 6.33 Å². The maximum Gasteiger partial charge on any atom is 0.142 e. The Labute approximate surface area is 120 Å². The number of carbonyl (C=O) groups is 1. The highest BCUT2D eigenvalue weighted by atomic mass is 16.1. The van der Waals surface area contributed by atoms with Crippen molar-refractivity contribution in [2.75, 3.05) is 33.7 Å². The Bertz CT molecular complexity index is 456. The van der Waals surface area contributed by atoms with Gasteiger partial charge >= 0.3 is 0 Å². The van der Waals surface area contributed by atoms with Crippen LogP contribution in [0, 0.1) is 0 Å². The summed E-state index contributed by atoms with van der Waals surface area (Å²) >= 11 is 0. The first-order valence-corrected chi connectivity index (χ1v) is 7.26. The normalized spacial score (nSPS) is 21.6. The average Bonchev–Trinajstić information content (AvgIpc) is 2.82. The SMILES string of the molecule is CC(C)n1ncnc1CC(=O)CC1CN(C)CCN1C. The number of piperazine rings is 1. The third-order valence-corrected chi connectivity index (χ3v) is 3.94. The van der Waals surface area contributed by atoms with E-state index in [0.717, 1.165) is 25.5 Å². The number of likely N-dealkylation sites (N-methyl/N-ethyl adjacent to an activating group) is 2. The molecule has 0 spiro atoms. The van der Waals surface area contributed by atoms with Gasteiger partial charge in [0.25, 0.3) is 0 Å². The van der Waals surface area contributed by atoms with Crippen LogP contribution in [0.5, 0.6) is 0 Å². The summed E-state index contributed by atoms with van der Waals surface area (Å²) in [5.74, 6) is 1.02. The van der Waals surface area contributed by atoms with Crippen molar-refractivity contribution in [3.63, 3.8) is 0 Å². The Balaban J connectivity index is 1.93. The van der Waals surface area contributed by atoms with Crippen LogP contribution >= 0.6 is 0 Å². The van der Waals surface area contributed by atoms with E-state index in [1.807, 2.05) is 18.5 Å². The standard InChI is InChI=1S/C14H25N5O/c1-11(2)19-14(15-10-16-19)8-13(20)7-12-9-17(3)5-6-18(12)4/h10-12H,5-9H2,1-4H3. The van der Waals surface area contributed by atoms with Crippen LogP contribution in [0.25, 0.3) is 0 Å². The van der Waals surface area contributed by atoms with Crippen molar-refractivity contribution in [1.29, 1.82) is 0 Å². The summed E-state index contributed by atoms with van der Waals surface area (Å²) < 4.78 is 1.83. The van der Waals surface area contributed by atoms with Crippen molar-refractivity contribution in [3.05, 3.63) is 12.2 Å². The summed E-state index contributed by atoms with van der Waals surface area (Å²) in [6.45, 7) is 7.15. The lowest BCUT2D eigenvalue weighted by atomic mass is 10.0. The predicted molar refractivity (Wildman–Crippen MR) is 77.7 cm³/mol. The Morgan fingerprint density at radius 2 is 2.15 bits per heavy atom. The maximum atomic E-state index is 12.3. The molecular weight excluding hydrogens is 254 g/mol. The van der Waals surface area contributed by atoms with Crippen molar-refractivity contribution in [1.82, 2.24) is 24.6 Å². The molecule has 1 aromatic heterocycles. The monoisotopic (exact) mass is 279 g/mol. The largest absolute Gasteiger partial charge is 0.304 e. The van der Waals surface area contributed by atoms with Crippen LogP contribution in [0.1, 0.15) is 32.1 Å². The fourth-order valence-corrected chi connectivity index (χ4v) is 2.67. The van der Waals surface area contributed by atoms with Gasteiger partial charge in [-0.3, -0.25) is 4.79 Å². The van der Waals surface area contributed by atoms with Gasteiger partial charge in [-0.25, -0.2) is 9.67 Å². The summed E-state index contributed by atoms with van der Waals surface area (Å²) in [7, 11) is 4.21. The van der Waals surface area contributed by atoms with Gasteiger partial charge in [-0.1, -0.05) is 0 Å². The molecular formula is C14H25N5O. The second-order valence-electron chi connectivity index (χ2n) is 6.03. The number of hydrogen-bond acceptors (Lipinski definition) is 5. The van der Waals surface area contributed by atoms with Crippen LogP contribution in [-0.2, 0) is 11.2 Å². The number of Topliss-reactive ketones (excluding diaryl/α,β-unsaturated/α-hetero) is 1. The highest BCUT2D eigenvalue weighted by Crippen LogP contribution is 2.12. The van der Waals surface area contributed by atoms with Gasteiger partial charge in [-0.05, 0) is 27.9 Å². The minimum Gasteiger partial charge on any atom is -0.304 e. The molecule has 6 nitrogen and oxygen atoms in total. The van der Waals surface area contributed by atoms with Crippen LogP contribution in [0.3, 0.4) is 0 Å². The minimum atomic E-state index is 0.240. The zero-order valence-corrected chi connectivity index (χ0v) is 12.9. The van der Waals surface area contributed by atoms with Gasteiger partial charge in [0, 0.05) is 38.1 Å². The van der Waals surface area contributed by atoms with Gasteiger partial charge < -0.3 is 9.80 Å². The zero-order valence-electron chi connectivity index (χ0n) is 12.9. The highest BCUT2D eigenvalue weighted by Gasteiger charge is 2.25. The quantitative estimate of drug-likeness (QED) is 0.790. The van der Waals surface area contributed by atoms with Gasteiger partial charge in [-0.2, -0.15) is 5.10 Å². The van der Waals surface area contributed by atoms with Crippen LogP contribution < -0.4 is 0 Å². The highest BCUT2D eigenvalue weighted by molar-refractivity contribution is 5.80. The summed E-state index contributed by atoms with van der Waals surface area (Å²) in [5, 5.41) is 4.18. The van der Waals surface area contributed by atoms with E-state index in [9.17, 15) is 4.79 Å². The second kappa shape index (κ2) is 6.45. The number of carbonyl (C=O) groups excluding carboxylic acids is 1. The van der Waals surface area contributed by atoms with Gasteiger partial charge in [0.05, 0.1) is 6.42 Å². The van der Waals surface area contributed by atoms with E-state index >= 15 is 0 Å². The van der Waals surface area contributed by atoms with Gasteiger partial charge in [0.15, 0.2) is 0 Å². The van der Waals surface area contributed by atoms with Crippen molar-refractivity contribution >= 4 is 5.78 Å². The lowest BCUT2D eigenvalue weighted by Crippen LogP contribution is -2.50. The number of aromatic nitrogens is 3. The Hall–Kier alpha value is -1.27. The molecule has 20 heavy (non-hydrogen) atoms. The number of ketones is 1. The van der Waals surface area contributed by atoms with E-state index in [1.54, 1.807) is 0 Å². The third-order valence-electron chi connectivity index (χ3n) is 3.94. The zero-order chi connectivity index (χ0) is 14.7. The summed E-state index contributed by atoms with van der Waals surface area (Å²) in [6.07, 6.45) is 2.50. The van der Waals surface area contributed by atoms with E-state index in [4.69, 9.17) is 0 Å². The maximum absolute atomic E-state index is 12.3. The van der Waals surface area contributed by atoms with Crippen molar-refractivity contribution < 1.29 is 4.79 Å². The lowest BCUT2D eigenvalue weighted by Gasteiger charge is -2.37. The molecule has 112 valence electrons. The third kappa shape index (κ3) is 3.64. The first-order valence-electron chi connectivity index (χ1n) is 7.26. The molecule has 6 heteroatoms. The first kappa shape index (κ1) is 15.1. The number of hydrogen-bond donors (Lipinski definition) is 0. The molecule has 1 fully saturated rings. The molecule has 0 amide bonds. The molecule has 0 N–H and O–H groups in total. The van der Waals surface area contributed by atoms with E-state index in [1.165, 1.54) is 6.33 Å². The lowest BCUT2D eigenvalue weighted by molar-refractivity contribution is -0.120. The molecule has 2 rings (SSSR count). The summed E-state index contributed by atoms with van der Waals surface area (Å²) in [4.78, 5) is 21.1. The molecule has 1 saturated heterocycles. The van der Waals surface area contributed by atoms with Gasteiger partial charge in [-0.15, -0.1) is 0 Å². The van der Waals surface area contributed by atoms with Crippen molar-refractivity contribution in [3.8, 4) is 0 Å².